The van der Waals surface area contributed by atoms with Gasteiger partial charge in [-0.05, 0) is 48.1 Å². The number of carbonyl (C=O) groups excluding carboxylic acids is 1. The Morgan fingerprint density at radius 2 is 1.88 bits per heavy atom. The molecule has 34 heavy (non-hydrogen) atoms. The molecule has 3 aromatic rings. The van der Waals surface area contributed by atoms with E-state index in [2.05, 4.69) is 11.9 Å². The summed E-state index contributed by atoms with van der Waals surface area (Å²) in [5, 5.41) is 10.8. The number of nitrogens with two attached hydrogens (primary N) is 1. The Bertz CT molecular complexity index is 1040. The number of aromatic nitrogens is 2. The van der Waals surface area contributed by atoms with Crippen LogP contribution in [0, 0.1) is 11.6 Å². The molecule has 3 N–H and O–H groups in total. The molecule has 3 rings (SSSR count). The second-order valence-electron chi connectivity index (χ2n) is 8.56. The van der Waals surface area contributed by atoms with Crippen LogP contribution in [0.15, 0.2) is 61.2 Å². The topological polar surface area (TPSA) is 84.4 Å². The normalized spacial score (nSPS) is 13.0. The lowest BCUT2D eigenvalue weighted by molar-refractivity contribution is -0.133. The molecular formula is C26H32F2N4O2. The number of benzene rings is 2. The highest BCUT2D eigenvalue weighted by molar-refractivity contribution is 5.76. The van der Waals surface area contributed by atoms with E-state index in [1.54, 1.807) is 17.4 Å². The summed E-state index contributed by atoms with van der Waals surface area (Å²) in [5.74, 6) is -1.48. The summed E-state index contributed by atoms with van der Waals surface area (Å²) in [5.41, 5.74) is 8.65. The molecule has 2 aromatic carbocycles. The van der Waals surface area contributed by atoms with Crippen LogP contribution in [0.1, 0.15) is 36.5 Å². The molecule has 8 heteroatoms. The van der Waals surface area contributed by atoms with Crippen LogP contribution >= 0.6 is 0 Å². The van der Waals surface area contributed by atoms with Crippen molar-refractivity contribution in [3.63, 3.8) is 0 Å². The number of imidazole rings is 1. The zero-order valence-electron chi connectivity index (χ0n) is 19.4. The third-order valence-corrected chi connectivity index (χ3v) is 5.79. The molecule has 0 saturated carbocycles. The van der Waals surface area contributed by atoms with Gasteiger partial charge in [-0.2, -0.15) is 0 Å². The van der Waals surface area contributed by atoms with Crippen molar-refractivity contribution in [2.24, 2.45) is 5.73 Å². The van der Waals surface area contributed by atoms with Crippen molar-refractivity contribution < 1.29 is 18.7 Å². The fourth-order valence-corrected chi connectivity index (χ4v) is 3.91. The second kappa shape index (κ2) is 12.4. The van der Waals surface area contributed by atoms with Gasteiger partial charge in [0.25, 0.3) is 0 Å². The molecule has 0 fully saturated rings. The summed E-state index contributed by atoms with van der Waals surface area (Å²) in [6, 6.07) is 10.4. The highest BCUT2D eigenvalue weighted by Gasteiger charge is 2.23. The Kier molecular flexibility index (Phi) is 9.30. The highest BCUT2D eigenvalue weighted by Crippen LogP contribution is 2.15. The Balaban J connectivity index is 1.67. The molecule has 0 bridgehead atoms. The van der Waals surface area contributed by atoms with E-state index in [4.69, 9.17) is 5.73 Å². The van der Waals surface area contributed by atoms with Crippen LogP contribution in [0.3, 0.4) is 0 Å². The lowest BCUT2D eigenvalue weighted by Crippen LogP contribution is -2.46. The molecule has 0 radical (unpaired) electrons. The first kappa shape index (κ1) is 25.5. The summed E-state index contributed by atoms with van der Waals surface area (Å²) in [4.78, 5) is 18.7. The number of aliphatic hydroxyl groups is 1. The molecule has 0 aliphatic rings. The van der Waals surface area contributed by atoms with Gasteiger partial charge in [-0.15, -0.1) is 0 Å². The van der Waals surface area contributed by atoms with Crippen molar-refractivity contribution in [2.45, 2.75) is 57.8 Å². The van der Waals surface area contributed by atoms with E-state index in [1.807, 2.05) is 35.0 Å². The number of hydrogen-bond acceptors (Lipinski definition) is 4. The average Bonchev–Trinajstić information content (AvgIpc) is 3.31. The quantitative estimate of drug-likeness (QED) is 0.425. The van der Waals surface area contributed by atoms with E-state index in [9.17, 15) is 18.7 Å². The van der Waals surface area contributed by atoms with Crippen molar-refractivity contribution >= 4 is 5.91 Å². The van der Waals surface area contributed by atoms with Gasteiger partial charge in [0, 0.05) is 50.6 Å². The SMILES string of the molecule is CCc1cccc(CN(C[C@@H](O)[C@@H](N)Cc2cc(F)cc(F)c2)C(=O)CCCn2ccnc2)c1. The number of hydrogen-bond donors (Lipinski definition) is 2. The van der Waals surface area contributed by atoms with Gasteiger partial charge in [-0.3, -0.25) is 4.79 Å². The van der Waals surface area contributed by atoms with Gasteiger partial charge in [-0.25, -0.2) is 13.8 Å². The number of halogens is 2. The number of aliphatic hydroxyl groups excluding tert-OH is 1. The van der Waals surface area contributed by atoms with Gasteiger partial charge in [-0.1, -0.05) is 31.2 Å². The van der Waals surface area contributed by atoms with E-state index in [0.717, 1.165) is 23.6 Å². The molecule has 1 aromatic heterocycles. The molecule has 0 aliphatic carbocycles. The van der Waals surface area contributed by atoms with Crippen molar-refractivity contribution in [1.29, 1.82) is 0 Å². The first-order chi connectivity index (χ1) is 16.3. The highest BCUT2D eigenvalue weighted by atomic mass is 19.1. The lowest BCUT2D eigenvalue weighted by Gasteiger charge is -2.28. The molecule has 0 saturated heterocycles. The van der Waals surface area contributed by atoms with Crippen molar-refractivity contribution in [2.75, 3.05) is 6.54 Å². The number of rotatable bonds is 12. The van der Waals surface area contributed by atoms with Crippen molar-refractivity contribution in [3.8, 4) is 0 Å². The number of carbonyl (C=O) groups is 1. The van der Waals surface area contributed by atoms with Gasteiger partial charge in [0.05, 0.1) is 12.4 Å². The van der Waals surface area contributed by atoms with E-state index in [0.29, 0.717) is 31.5 Å². The minimum Gasteiger partial charge on any atom is -0.390 e. The fourth-order valence-electron chi connectivity index (χ4n) is 3.91. The number of amides is 1. The number of nitrogens with zero attached hydrogens (tertiary/aromatic N) is 3. The van der Waals surface area contributed by atoms with Crippen molar-refractivity contribution in [3.05, 3.63) is 89.5 Å². The van der Waals surface area contributed by atoms with Crippen LogP contribution in [0.4, 0.5) is 8.78 Å². The molecule has 0 unspecified atom stereocenters. The van der Waals surface area contributed by atoms with E-state index >= 15 is 0 Å². The smallest absolute Gasteiger partial charge is 0.223 e. The van der Waals surface area contributed by atoms with Gasteiger partial charge < -0.3 is 20.3 Å². The Morgan fingerprint density at radius 1 is 1.15 bits per heavy atom. The Morgan fingerprint density at radius 3 is 2.56 bits per heavy atom. The van der Waals surface area contributed by atoms with Crippen molar-refractivity contribution in [1.82, 2.24) is 14.5 Å². The molecule has 6 nitrogen and oxygen atoms in total. The maximum Gasteiger partial charge on any atom is 0.223 e. The summed E-state index contributed by atoms with van der Waals surface area (Å²) < 4.78 is 28.9. The van der Waals surface area contributed by atoms with Gasteiger partial charge in [0.1, 0.15) is 11.6 Å². The minimum atomic E-state index is -1.06. The van der Waals surface area contributed by atoms with Gasteiger partial charge in [0.2, 0.25) is 5.91 Å². The predicted molar refractivity (Wildman–Crippen MR) is 127 cm³/mol. The first-order valence-electron chi connectivity index (χ1n) is 11.5. The lowest BCUT2D eigenvalue weighted by atomic mass is 10.0. The van der Waals surface area contributed by atoms with Crippen LogP contribution in [0.5, 0.6) is 0 Å². The van der Waals surface area contributed by atoms with Crippen LogP contribution in [-0.2, 0) is 30.7 Å². The first-order valence-corrected chi connectivity index (χ1v) is 11.5. The Hall–Kier alpha value is -3.10. The molecule has 2 atom stereocenters. The van der Waals surface area contributed by atoms with Gasteiger partial charge in [0.15, 0.2) is 0 Å². The molecule has 182 valence electrons. The monoisotopic (exact) mass is 470 g/mol. The maximum atomic E-state index is 13.5. The third-order valence-electron chi connectivity index (χ3n) is 5.79. The van der Waals surface area contributed by atoms with E-state index in [1.165, 1.54) is 12.1 Å². The molecule has 0 spiro atoms. The predicted octanol–water partition coefficient (Wildman–Crippen LogP) is 3.46. The van der Waals surface area contributed by atoms with E-state index < -0.39 is 23.8 Å². The average molecular weight is 471 g/mol. The molecular weight excluding hydrogens is 438 g/mol. The zero-order chi connectivity index (χ0) is 24.5. The summed E-state index contributed by atoms with van der Waals surface area (Å²) in [7, 11) is 0. The number of aryl methyl sites for hydroxylation is 2. The Labute approximate surface area is 199 Å². The van der Waals surface area contributed by atoms with Crippen LogP contribution in [0.25, 0.3) is 0 Å². The summed E-state index contributed by atoms with van der Waals surface area (Å²) in [6.07, 6.45) is 6.09. The van der Waals surface area contributed by atoms with Crippen LogP contribution in [0.2, 0.25) is 0 Å². The zero-order valence-corrected chi connectivity index (χ0v) is 19.4. The molecule has 1 heterocycles. The fraction of sp³-hybridized carbons (Fsp3) is 0.385. The molecule has 1 amide bonds. The van der Waals surface area contributed by atoms with E-state index in [-0.39, 0.29) is 18.9 Å². The van der Waals surface area contributed by atoms with Crippen LogP contribution in [-0.4, -0.2) is 44.2 Å². The van der Waals surface area contributed by atoms with Gasteiger partial charge >= 0.3 is 0 Å². The molecule has 0 aliphatic heterocycles. The summed E-state index contributed by atoms with van der Waals surface area (Å²) in [6.45, 7) is 3.10. The second-order valence-corrected chi connectivity index (χ2v) is 8.56. The standard InChI is InChI=1S/C26H32F2N4O2/c1-2-19-5-3-6-20(11-19)16-32(26(34)7-4-9-31-10-8-30-18-31)17-25(33)24(29)14-21-12-22(27)15-23(28)13-21/h3,5-6,8,10-13,15,18,24-25,33H,2,4,7,9,14,16-17,29H2,1H3/t24-,25+/m0/s1. The maximum absolute atomic E-state index is 13.5. The minimum absolute atomic E-state index is 0.0270. The largest absolute Gasteiger partial charge is 0.390 e. The van der Waals surface area contributed by atoms with Crippen LogP contribution < -0.4 is 5.73 Å². The third kappa shape index (κ3) is 7.74. The summed E-state index contributed by atoms with van der Waals surface area (Å²) >= 11 is 0.